The fourth-order valence-electron chi connectivity index (χ4n) is 9.58. The van der Waals surface area contributed by atoms with Crippen LogP contribution in [0.4, 0.5) is 5.82 Å². The molecule has 3 saturated heterocycles. The fourth-order valence-corrected chi connectivity index (χ4v) is 11.7. The van der Waals surface area contributed by atoms with Gasteiger partial charge in [-0.05, 0) is 93.4 Å². The van der Waals surface area contributed by atoms with E-state index >= 15 is 0 Å². The van der Waals surface area contributed by atoms with E-state index in [1.54, 1.807) is 34.8 Å². The first-order valence-corrected chi connectivity index (χ1v) is 24.7. The SMILES string of the molecule is Cc1ncsc1-c1ccc(CNC(=O)[C@@H]2C[C@@H](O)CN2C(=O)C(c2cc(N3CCOCC3)no2)C(C)C)c(OCCCN2CCC(c3sc4nnc(-c5ccccc5O)cc4c3C)CC2)c1. The zero-order chi connectivity index (χ0) is 45.9. The molecular formula is C49H58N8O7S2. The number of thiazole rings is 1. The van der Waals surface area contributed by atoms with Crippen LogP contribution in [0.1, 0.15) is 78.8 Å². The van der Waals surface area contributed by atoms with Crippen LogP contribution in [0, 0.1) is 19.8 Å². The summed E-state index contributed by atoms with van der Waals surface area (Å²) in [6, 6.07) is 16.3. The van der Waals surface area contributed by atoms with Gasteiger partial charge in [0.25, 0.3) is 0 Å². The summed E-state index contributed by atoms with van der Waals surface area (Å²) in [7, 11) is 0. The van der Waals surface area contributed by atoms with Gasteiger partial charge in [0.05, 0.1) is 47.7 Å². The summed E-state index contributed by atoms with van der Waals surface area (Å²) in [5, 5.41) is 38.7. The van der Waals surface area contributed by atoms with Gasteiger partial charge >= 0.3 is 0 Å². The number of phenols is 1. The maximum Gasteiger partial charge on any atom is 0.243 e. The summed E-state index contributed by atoms with van der Waals surface area (Å²) in [5.74, 6) is 1.03. The number of β-amino-alcohol motifs (C(OH)–C–C–N with tert-alkyl or cyclic N) is 1. The lowest BCUT2D eigenvalue weighted by Gasteiger charge is -2.31. The number of aromatic hydroxyl groups is 1. The topological polar surface area (TPSA) is 180 Å². The van der Waals surface area contributed by atoms with Gasteiger partial charge < -0.3 is 44.2 Å². The maximum atomic E-state index is 14.3. The number of likely N-dealkylation sites (tertiary alicyclic amines) is 2. The minimum absolute atomic E-state index is 0.0577. The van der Waals surface area contributed by atoms with Gasteiger partial charge in [0.2, 0.25) is 11.8 Å². The average molecular weight is 935 g/mol. The van der Waals surface area contributed by atoms with E-state index in [9.17, 15) is 19.8 Å². The Morgan fingerprint density at radius 2 is 1.82 bits per heavy atom. The maximum absolute atomic E-state index is 14.3. The fraction of sp³-hybridized carbons (Fsp3) is 0.469. The summed E-state index contributed by atoms with van der Waals surface area (Å²) in [6.45, 7) is 14.3. The summed E-state index contributed by atoms with van der Waals surface area (Å²) in [5.41, 5.74) is 7.21. The molecule has 7 heterocycles. The lowest BCUT2D eigenvalue weighted by Crippen LogP contribution is -2.48. The number of carbonyl (C=O) groups excluding carboxylic acids is 2. The van der Waals surface area contributed by atoms with Crippen molar-refractivity contribution in [1.29, 1.82) is 0 Å². The molecule has 0 spiro atoms. The Bertz CT molecular complexity index is 2650. The number of aliphatic hydroxyl groups excluding tert-OH is 1. The van der Waals surface area contributed by atoms with Gasteiger partial charge in [-0.3, -0.25) is 9.59 Å². The number of aryl methyl sites for hydroxylation is 2. The minimum Gasteiger partial charge on any atom is -0.507 e. The molecule has 1 unspecified atom stereocenters. The number of para-hydroxylation sites is 1. The summed E-state index contributed by atoms with van der Waals surface area (Å²) in [6.07, 6.45) is 2.26. The number of nitrogens with zero attached hydrogens (tertiary/aromatic N) is 7. The minimum atomic E-state index is -0.845. The molecule has 348 valence electrons. The zero-order valence-electron chi connectivity index (χ0n) is 37.9. The number of hydrogen-bond acceptors (Lipinski definition) is 15. The van der Waals surface area contributed by atoms with Gasteiger partial charge in [0.1, 0.15) is 28.3 Å². The second kappa shape index (κ2) is 20.2. The Hall–Kier alpha value is -5.46. The van der Waals surface area contributed by atoms with Crippen molar-refractivity contribution in [3.63, 3.8) is 0 Å². The molecular weight excluding hydrogens is 877 g/mol. The second-order valence-corrected chi connectivity index (χ2v) is 19.9. The van der Waals surface area contributed by atoms with Crippen LogP contribution in [0.25, 0.3) is 31.9 Å². The van der Waals surface area contributed by atoms with E-state index in [1.165, 1.54) is 15.3 Å². The summed E-state index contributed by atoms with van der Waals surface area (Å²) >= 11 is 3.32. The molecule has 3 aliphatic heterocycles. The molecule has 4 aromatic heterocycles. The molecule has 0 aliphatic carbocycles. The third-order valence-electron chi connectivity index (χ3n) is 13.2. The predicted octanol–water partition coefficient (Wildman–Crippen LogP) is 7.30. The number of aliphatic hydroxyl groups is 1. The monoisotopic (exact) mass is 934 g/mol. The van der Waals surface area contributed by atoms with E-state index in [0.717, 1.165) is 70.8 Å². The average Bonchev–Trinajstić information content (AvgIpc) is 4.14. The predicted molar refractivity (Wildman–Crippen MR) is 255 cm³/mol. The van der Waals surface area contributed by atoms with Crippen LogP contribution in [0.15, 0.2) is 64.6 Å². The van der Waals surface area contributed by atoms with Gasteiger partial charge in [-0.1, -0.05) is 43.3 Å². The number of hydrogen-bond donors (Lipinski definition) is 3. The van der Waals surface area contributed by atoms with Crippen molar-refractivity contribution in [2.75, 3.05) is 64.0 Å². The number of phenolic OH excluding ortho intramolecular Hbond substituents is 1. The van der Waals surface area contributed by atoms with Crippen LogP contribution < -0.4 is 15.0 Å². The Labute approximate surface area is 392 Å². The molecule has 2 aromatic carbocycles. The second-order valence-electron chi connectivity index (χ2n) is 18.0. The number of rotatable bonds is 15. The highest BCUT2D eigenvalue weighted by Gasteiger charge is 2.43. The number of ether oxygens (including phenoxy) is 2. The Kier molecular flexibility index (Phi) is 14.0. The van der Waals surface area contributed by atoms with Crippen LogP contribution in [0.2, 0.25) is 0 Å². The van der Waals surface area contributed by atoms with Gasteiger partial charge in [0.15, 0.2) is 11.6 Å². The lowest BCUT2D eigenvalue weighted by molar-refractivity contribution is -0.141. The van der Waals surface area contributed by atoms with Crippen molar-refractivity contribution in [3.8, 4) is 33.2 Å². The van der Waals surface area contributed by atoms with Crippen molar-refractivity contribution in [2.24, 2.45) is 5.92 Å². The van der Waals surface area contributed by atoms with E-state index in [2.05, 4.69) is 48.4 Å². The van der Waals surface area contributed by atoms with E-state index in [-0.39, 0.29) is 43.0 Å². The molecule has 9 rings (SSSR count). The molecule has 3 atom stereocenters. The highest BCUT2D eigenvalue weighted by atomic mass is 32.1. The molecule has 15 nitrogen and oxygen atoms in total. The van der Waals surface area contributed by atoms with Crippen LogP contribution in [0.3, 0.4) is 0 Å². The molecule has 0 saturated carbocycles. The molecule has 6 aromatic rings. The number of anilines is 1. The standard InChI is InChI=1S/C49H58N8O7S2/c1-29(2)44(42-25-43(54-64-42)56-17-20-62-21-18-56)49(61)57-27-35(58)23-39(57)47(60)50-26-34-11-10-33(46-31(4)51-28-65-46)22-41(34)63-19-7-14-55-15-12-32(13-16-55)45-30(3)37-24-38(52-53-48(37)66-45)36-8-5-6-9-40(36)59/h5-6,8-11,22,24-25,28-29,32,35,39,44,58-59H,7,12-21,23,26-27H2,1-4H3,(H,50,60)/t35-,39+,44?/m1/s1. The number of aromatic nitrogens is 4. The smallest absolute Gasteiger partial charge is 0.243 e. The lowest BCUT2D eigenvalue weighted by atomic mass is 9.91. The van der Waals surface area contributed by atoms with Crippen molar-refractivity contribution in [3.05, 3.63) is 87.6 Å². The molecule has 3 aliphatic rings. The Balaban J connectivity index is 0.816. The summed E-state index contributed by atoms with van der Waals surface area (Å²) < 4.78 is 17.8. The van der Waals surface area contributed by atoms with Crippen molar-refractivity contribution < 1.29 is 33.8 Å². The largest absolute Gasteiger partial charge is 0.507 e. The van der Waals surface area contributed by atoms with Crippen LogP contribution in [0.5, 0.6) is 11.5 Å². The number of carbonyl (C=O) groups is 2. The zero-order valence-corrected chi connectivity index (χ0v) is 39.6. The normalized spacial score (nSPS) is 18.9. The van der Waals surface area contributed by atoms with Crippen molar-refractivity contribution >= 4 is 50.5 Å². The number of benzene rings is 2. The highest BCUT2D eigenvalue weighted by Crippen LogP contribution is 2.41. The van der Waals surface area contributed by atoms with E-state index in [4.69, 9.17) is 14.0 Å². The Morgan fingerprint density at radius 3 is 2.58 bits per heavy atom. The van der Waals surface area contributed by atoms with Gasteiger partial charge in [-0.15, -0.1) is 32.9 Å². The van der Waals surface area contributed by atoms with E-state index in [0.29, 0.717) is 67.4 Å². The number of amides is 2. The van der Waals surface area contributed by atoms with Crippen LogP contribution in [-0.2, 0) is 20.9 Å². The molecule has 2 amide bonds. The first-order chi connectivity index (χ1) is 32.0. The molecule has 17 heteroatoms. The molecule has 66 heavy (non-hydrogen) atoms. The molecule has 0 radical (unpaired) electrons. The van der Waals surface area contributed by atoms with E-state index in [1.807, 2.05) is 62.7 Å². The highest BCUT2D eigenvalue weighted by molar-refractivity contribution is 7.19. The number of fused-ring (bicyclic) bond motifs is 1. The first kappa shape index (κ1) is 45.7. The third-order valence-corrected chi connectivity index (χ3v) is 15.6. The quantitative estimate of drug-likeness (QED) is 0.0875. The van der Waals surface area contributed by atoms with E-state index < -0.39 is 18.1 Å². The number of piperidine rings is 1. The number of nitrogens with one attached hydrogen (secondary N) is 1. The van der Waals surface area contributed by atoms with Gasteiger partial charge in [-0.25, -0.2) is 4.98 Å². The first-order valence-electron chi connectivity index (χ1n) is 23.0. The van der Waals surface area contributed by atoms with Crippen molar-refractivity contribution in [2.45, 2.75) is 83.9 Å². The van der Waals surface area contributed by atoms with Gasteiger partial charge in [-0.2, -0.15) is 0 Å². The Morgan fingerprint density at radius 1 is 1.02 bits per heavy atom. The molecule has 0 bridgehead atoms. The molecule has 3 fully saturated rings. The third kappa shape index (κ3) is 9.81. The van der Waals surface area contributed by atoms with Crippen LogP contribution >= 0.6 is 22.7 Å². The van der Waals surface area contributed by atoms with Gasteiger partial charge in [0, 0.05) is 66.6 Å². The van der Waals surface area contributed by atoms with Crippen molar-refractivity contribution in [1.82, 2.24) is 35.5 Å². The van der Waals surface area contributed by atoms with Crippen LogP contribution in [-0.4, -0.2) is 123 Å². The number of thiophene rings is 1. The number of morpholine rings is 1. The summed E-state index contributed by atoms with van der Waals surface area (Å²) in [4.78, 5) is 42.2. The molecule has 3 N–H and O–H groups in total.